The lowest BCUT2D eigenvalue weighted by Gasteiger charge is -2.18. The number of hydrogen-bond acceptors (Lipinski definition) is 3. The molecule has 2 aromatic carbocycles. The van der Waals surface area contributed by atoms with Crippen molar-refractivity contribution in [2.24, 2.45) is 0 Å². The van der Waals surface area contributed by atoms with Crippen LogP contribution in [0, 0.1) is 5.82 Å². The molecule has 0 bridgehead atoms. The SMILES string of the molecule is CN(Cc1cccc(F)c1)C(=O)c1cccc(S(=O)(=O)NC2CC2)c1. The molecule has 0 spiro atoms. The maximum atomic E-state index is 13.3. The van der Waals surface area contributed by atoms with E-state index in [2.05, 4.69) is 4.72 Å². The maximum Gasteiger partial charge on any atom is 0.253 e. The molecular formula is C18H19FN2O3S. The zero-order valence-electron chi connectivity index (χ0n) is 13.8. The molecule has 1 amide bonds. The summed E-state index contributed by atoms with van der Waals surface area (Å²) in [6, 6.07) is 12.0. The molecule has 0 aliphatic heterocycles. The predicted molar refractivity (Wildman–Crippen MR) is 92.0 cm³/mol. The monoisotopic (exact) mass is 362 g/mol. The first-order chi connectivity index (χ1) is 11.8. The van der Waals surface area contributed by atoms with Crippen LogP contribution in [-0.2, 0) is 16.6 Å². The molecule has 1 N–H and O–H groups in total. The van der Waals surface area contributed by atoms with Gasteiger partial charge in [0.1, 0.15) is 5.82 Å². The highest BCUT2D eigenvalue weighted by molar-refractivity contribution is 7.89. The van der Waals surface area contributed by atoms with Gasteiger partial charge in [0.2, 0.25) is 10.0 Å². The standard InChI is InChI=1S/C18H19FN2O3S/c1-21(12-13-4-2-6-15(19)10-13)18(22)14-5-3-7-17(11-14)25(23,24)20-16-8-9-16/h2-7,10-11,16,20H,8-9,12H2,1H3. The molecular weight excluding hydrogens is 343 g/mol. The zero-order valence-corrected chi connectivity index (χ0v) is 14.6. The van der Waals surface area contributed by atoms with E-state index in [1.165, 1.54) is 29.2 Å². The Morgan fingerprint density at radius 2 is 1.92 bits per heavy atom. The molecule has 1 aliphatic rings. The van der Waals surface area contributed by atoms with Gasteiger partial charge in [-0.15, -0.1) is 0 Å². The third-order valence-corrected chi connectivity index (χ3v) is 5.46. The summed E-state index contributed by atoms with van der Waals surface area (Å²) in [4.78, 5) is 14.1. The lowest BCUT2D eigenvalue weighted by Crippen LogP contribution is -2.28. The minimum atomic E-state index is -3.61. The fourth-order valence-corrected chi connectivity index (χ4v) is 3.84. The minimum Gasteiger partial charge on any atom is -0.337 e. The van der Waals surface area contributed by atoms with Gasteiger partial charge in [0.25, 0.3) is 5.91 Å². The number of nitrogens with zero attached hydrogens (tertiary/aromatic N) is 1. The number of sulfonamides is 1. The Kier molecular flexibility index (Phi) is 4.87. The van der Waals surface area contributed by atoms with E-state index in [-0.39, 0.29) is 34.8 Å². The summed E-state index contributed by atoms with van der Waals surface area (Å²) in [6.45, 7) is 0.230. The highest BCUT2D eigenvalue weighted by Crippen LogP contribution is 2.22. The van der Waals surface area contributed by atoms with Gasteiger partial charge in [-0.05, 0) is 48.7 Å². The Morgan fingerprint density at radius 3 is 2.60 bits per heavy atom. The average Bonchev–Trinajstić information content (AvgIpc) is 3.37. The number of amides is 1. The van der Waals surface area contributed by atoms with Gasteiger partial charge in [-0.3, -0.25) is 4.79 Å². The topological polar surface area (TPSA) is 66.5 Å². The van der Waals surface area contributed by atoms with E-state index in [9.17, 15) is 17.6 Å². The highest BCUT2D eigenvalue weighted by atomic mass is 32.2. The molecule has 1 fully saturated rings. The van der Waals surface area contributed by atoms with Crippen LogP contribution in [0.4, 0.5) is 4.39 Å². The van der Waals surface area contributed by atoms with Crippen LogP contribution in [0.5, 0.6) is 0 Å². The van der Waals surface area contributed by atoms with Crippen LogP contribution in [0.1, 0.15) is 28.8 Å². The molecule has 3 rings (SSSR count). The lowest BCUT2D eigenvalue weighted by atomic mass is 10.1. The van der Waals surface area contributed by atoms with Crippen molar-refractivity contribution in [2.75, 3.05) is 7.05 Å². The van der Waals surface area contributed by atoms with Gasteiger partial charge < -0.3 is 4.90 Å². The molecule has 1 saturated carbocycles. The number of halogens is 1. The molecule has 132 valence electrons. The van der Waals surface area contributed by atoms with Gasteiger partial charge in [-0.25, -0.2) is 17.5 Å². The number of benzene rings is 2. The number of carbonyl (C=O) groups is 1. The van der Waals surface area contributed by atoms with Crippen LogP contribution in [-0.4, -0.2) is 32.3 Å². The normalized spacial score (nSPS) is 14.3. The predicted octanol–water partition coefficient (Wildman–Crippen LogP) is 2.54. The Bertz CT molecular complexity index is 895. The molecule has 5 nitrogen and oxygen atoms in total. The van der Waals surface area contributed by atoms with Crippen LogP contribution in [0.25, 0.3) is 0 Å². The van der Waals surface area contributed by atoms with E-state index >= 15 is 0 Å². The second kappa shape index (κ2) is 6.93. The maximum absolute atomic E-state index is 13.3. The first-order valence-corrected chi connectivity index (χ1v) is 9.46. The Balaban J connectivity index is 1.76. The van der Waals surface area contributed by atoms with Crippen molar-refractivity contribution in [1.29, 1.82) is 0 Å². The largest absolute Gasteiger partial charge is 0.337 e. The van der Waals surface area contributed by atoms with Gasteiger partial charge in [0.05, 0.1) is 4.90 Å². The van der Waals surface area contributed by atoms with Crippen molar-refractivity contribution in [3.8, 4) is 0 Å². The minimum absolute atomic E-state index is 0.00000772. The molecule has 7 heteroatoms. The second-order valence-corrected chi connectivity index (χ2v) is 7.93. The van der Waals surface area contributed by atoms with E-state index < -0.39 is 10.0 Å². The van der Waals surface area contributed by atoms with Crippen molar-refractivity contribution in [3.05, 3.63) is 65.5 Å². The third-order valence-electron chi connectivity index (χ3n) is 3.95. The summed E-state index contributed by atoms with van der Waals surface area (Å²) in [5.74, 6) is -0.690. The van der Waals surface area contributed by atoms with Crippen molar-refractivity contribution in [2.45, 2.75) is 30.3 Å². The summed E-state index contributed by atoms with van der Waals surface area (Å²) in [5.41, 5.74) is 0.938. The first kappa shape index (κ1) is 17.6. The van der Waals surface area contributed by atoms with Gasteiger partial charge >= 0.3 is 0 Å². The number of rotatable bonds is 6. The van der Waals surface area contributed by atoms with Crippen LogP contribution >= 0.6 is 0 Å². The average molecular weight is 362 g/mol. The summed E-state index contributed by atoms with van der Waals surface area (Å²) >= 11 is 0. The van der Waals surface area contributed by atoms with E-state index in [1.807, 2.05) is 0 Å². The fraction of sp³-hybridized carbons (Fsp3) is 0.278. The van der Waals surface area contributed by atoms with Crippen LogP contribution in [0.3, 0.4) is 0 Å². The molecule has 1 aliphatic carbocycles. The van der Waals surface area contributed by atoms with Crippen molar-refractivity contribution in [1.82, 2.24) is 9.62 Å². The molecule has 0 heterocycles. The van der Waals surface area contributed by atoms with Gasteiger partial charge in [0.15, 0.2) is 0 Å². The molecule has 0 aromatic heterocycles. The van der Waals surface area contributed by atoms with Crippen LogP contribution < -0.4 is 4.72 Å². The quantitative estimate of drug-likeness (QED) is 0.859. The Hall–Kier alpha value is -2.25. The summed E-state index contributed by atoms with van der Waals surface area (Å²) < 4.78 is 40.4. The molecule has 0 saturated heterocycles. The summed E-state index contributed by atoms with van der Waals surface area (Å²) in [7, 11) is -2.02. The van der Waals surface area contributed by atoms with E-state index in [0.29, 0.717) is 5.56 Å². The number of hydrogen-bond donors (Lipinski definition) is 1. The van der Waals surface area contributed by atoms with Crippen molar-refractivity contribution >= 4 is 15.9 Å². The lowest BCUT2D eigenvalue weighted by molar-refractivity contribution is 0.0784. The molecule has 2 aromatic rings. The fourth-order valence-electron chi connectivity index (χ4n) is 2.49. The van der Waals surface area contributed by atoms with E-state index in [1.54, 1.807) is 31.3 Å². The summed E-state index contributed by atoms with van der Waals surface area (Å²) in [5, 5.41) is 0. The van der Waals surface area contributed by atoms with Gasteiger partial charge in [-0.1, -0.05) is 18.2 Å². The van der Waals surface area contributed by atoms with Crippen molar-refractivity contribution in [3.63, 3.8) is 0 Å². The van der Waals surface area contributed by atoms with Crippen LogP contribution in [0.2, 0.25) is 0 Å². The smallest absolute Gasteiger partial charge is 0.253 e. The zero-order chi connectivity index (χ0) is 18.0. The number of nitrogens with one attached hydrogen (secondary N) is 1. The summed E-state index contributed by atoms with van der Waals surface area (Å²) in [6.07, 6.45) is 1.68. The Labute approximate surface area is 146 Å². The molecule has 0 atom stereocenters. The van der Waals surface area contributed by atoms with Gasteiger partial charge in [0, 0.05) is 25.2 Å². The Morgan fingerprint density at radius 1 is 1.20 bits per heavy atom. The van der Waals surface area contributed by atoms with Gasteiger partial charge in [-0.2, -0.15) is 0 Å². The third kappa shape index (κ3) is 4.43. The molecule has 0 radical (unpaired) electrons. The number of carbonyl (C=O) groups excluding carboxylic acids is 1. The van der Waals surface area contributed by atoms with E-state index in [0.717, 1.165) is 12.8 Å². The van der Waals surface area contributed by atoms with Crippen molar-refractivity contribution < 1.29 is 17.6 Å². The van der Waals surface area contributed by atoms with E-state index in [4.69, 9.17) is 0 Å². The highest BCUT2D eigenvalue weighted by Gasteiger charge is 2.28. The molecule has 0 unspecified atom stereocenters. The molecule has 25 heavy (non-hydrogen) atoms. The first-order valence-electron chi connectivity index (χ1n) is 7.97. The van der Waals surface area contributed by atoms with Crippen LogP contribution in [0.15, 0.2) is 53.4 Å². The second-order valence-electron chi connectivity index (χ2n) is 6.21.